The van der Waals surface area contributed by atoms with Crippen LogP contribution in [0.3, 0.4) is 0 Å². The molecule has 0 aromatic heterocycles. The molecule has 0 saturated carbocycles. The maximum absolute atomic E-state index is 11.8. The van der Waals surface area contributed by atoms with Crippen molar-refractivity contribution in [2.24, 2.45) is 5.73 Å². The van der Waals surface area contributed by atoms with Crippen LogP contribution < -0.4 is 10.5 Å². The molecule has 0 fully saturated rings. The molecule has 2 N–H and O–H groups in total. The van der Waals surface area contributed by atoms with Crippen LogP contribution in [0.4, 0.5) is 0 Å². The number of hydrogen-bond acceptors (Lipinski definition) is 3. The summed E-state index contributed by atoms with van der Waals surface area (Å²) >= 11 is 10.6. The molecular weight excluding hydrogens is 296 g/mol. The lowest BCUT2D eigenvalue weighted by Gasteiger charge is -2.17. The number of amides is 1. The zero-order valence-corrected chi connectivity index (χ0v) is 13.3. The quantitative estimate of drug-likeness (QED) is 0.786. The van der Waals surface area contributed by atoms with E-state index < -0.39 is 0 Å². The van der Waals surface area contributed by atoms with Gasteiger partial charge in [0, 0.05) is 25.0 Å². The zero-order valence-electron chi connectivity index (χ0n) is 11.7. The summed E-state index contributed by atoms with van der Waals surface area (Å²) in [6.07, 6.45) is 0.852. The lowest BCUT2D eigenvalue weighted by Crippen LogP contribution is -2.30. The Hall–Kier alpha value is -1.33. The third kappa shape index (κ3) is 5.75. The highest BCUT2D eigenvalue weighted by Crippen LogP contribution is 2.21. The van der Waals surface area contributed by atoms with Crippen LogP contribution >= 0.6 is 23.8 Å². The van der Waals surface area contributed by atoms with E-state index in [2.05, 4.69) is 0 Å². The Morgan fingerprint density at radius 3 is 2.75 bits per heavy atom. The number of benzene rings is 1. The summed E-state index contributed by atoms with van der Waals surface area (Å²) < 4.78 is 5.58. The number of carbonyl (C=O) groups excluding carboxylic acids is 1. The standard InChI is InChI=1S/C14H19ClN2O2S/c1-10-9-11(15)3-4-12(10)19-8-6-14(18)17(2)7-5-13(16)20/h3-4,9H,5-8H2,1-2H3,(H2,16,20). The number of rotatable bonds is 7. The molecule has 20 heavy (non-hydrogen) atoms. The number of nitrogens with two attached hydrogens (primary N) is 1. The minimum atomic E-state index is 0.00728. The third-order valence-electron chi connectivity index (χ3n) is 2.83. The highest BCUT2D eigenvalue weighted by atomic mass is 35.5. The van der Waals surface area contributed by atoms with Gasteiger partial charge >= 0.3 is 0 Å². The smallest absolute Gasteiger partial charge is 0.225 e. The first-order valence-electron chi connectivity index (χ1n) is 6.31. The van der Waals surface area contributed by atoms with Gasteiger partial charge in [-0.15, -0.1) is 0 Å². The summed E-state index contributed by atoms with van der Waals surface area (Å²) in [5.74, 6) is 0.751. The van der Waals surface area contributed by atoms with Gasteiger partial charge in [0.2, 0.25) is 5.91 Å². The Morgan fingerprint density at radius 1 is 1.45 bits per heavy atom. The van der Waals surface area contributed by atoms with Crippen LogP contribution in [-0.2, 0) is 4.79 Å². The first-order chi connectivity index (χ1) is 9.40. The van der Waals surface area contributed by atoms with E-state index in [1.165, 1.54) is 0 Å². The fraction of sp³-hybridized carbons (Fsp3) is 0.429. The molecule has 0 aliphatic heterocycles. The van der Waals surface area contributed by atoms with Crippen molar-refractivity contribution in [1.82, 2.24) is 4.90 Å². The highest BCUT2D eigenvalue weighted by molar-refractivity contribution is 7.80. The topological polar surface area (TPSA) is 55.6 Å². The molecule has 110 valence electrons. The molecular formula is C14H19ClN2O2S. The highest BCUT2D eigenvalue weighted by Gasteiger charge is 2.09. The molecule has 0 aliphatic carbocycles. The Bertz CT molecular complexity index is 494. The number of nitrogens with zero attached hydrogens (tertiary/aromatic N) is 1. The molecule has 0 unspecified atom stereocenters. The number of aryl methyl sites for hydroxylation is 1. The molecule has 0 bridgehead atoms. The van der Waals surface area contributed by atoms with Crippen LogP contribution in [0.1, 0.15) is 18.4 Å². The van der Waals surface area contributed by atoms with Crippen LogP contribution in [0.25, 0.3) is 0 Å². The molecule has 0 heterocycles. The lowest BCUT2D eigenvalue weighted by atomic mass is 10.2. The van der Waals surface area contributed by atoms with Crippen LogP contribution in [-0.4, -0.2) is 36.0 Å². The second kappa shape index (κ2) is 8.07. The summed E-state index contributed by atoms with van der Waals surface area (Å²) in [5, 5.41) is 0.670. The maximum atomic E-state index is 11.8. The second-order valence-corrected chi connectivity index (χ2v) is 5.50. The molecule has 6 heteroatoms. The van der Waals surface area contributed by atoms with Crippen molar-refractivity contribution in [3.8, 4) is 5.75 Å². The van der Waals surface area contributed by atoms with Crippen LogP contribution in [0.2, 0.25) is 5.02 Å². The summed E-state index contributed by atoms with van der Waals surface area (Å²) in [6.45, 7) is 2.78. The third-order valence-corrected chi connectivity index (χ3v) is 3.27. The summed E-state index contributed by atoms with van der Waals surface area (Å²) in [6, 6.07) is 5.39. The predicted octanol–water partition coefficient (Wildman–Crippen LogP) is 2.55. The second-order valence-electron chi connectivity index (χ2n) is 4.54. The Kier molecular flexibility index (Phi) is 6.75. The van der Waals surface area contributed by atoms with E-state index in [9.17, 15) is 4.79 Å². The normalized spacial score (nSPS) is 10.2. The molecule has 1 rings (SSSR count). The molecule has 0 saturated heterocycles. The largest absolute Gasteiger partial charge is 0.493 e. The fourth-order valence-corrected chi connectivity index (χ4v) is 1.93. The van der Waals surface area contributed by atoms with Gasteiger partial charge in [0.15, 0.2) is 0 Å². The molecule has 0 aliphatic rings. The van der Waals surface area contributed by atoms with Crippen molar-refractivity contribution in [2.45, 2.75) is 19.8 Å². The predicted molar refractivity (Wildman–Crippen MR) is 85.3 cm³/mol. The summed E-state index contributed by atoms with van der Waals surface area (Å²) in [4.78, 5) is 13.8. The number of halogens is 1. The molecule has 0 radical (unpaired) electrons. The zero-order chi connectivity index (χ0) is 15.1. The van der Waals surface area contributed by atoms with Crippen molar-refractivity contribution in [2.75, 3.05) is 20.2 Å². The van der Waals surface area contributed by atoms with Crippen molar-refractivity contribution in [3.63, 3.8) is 0 Å². The average Bonchev–Trinajstić information content (AvgIpc) is 2.38. The minimum Gasteiger partial charge on any atom is -0.493 e. The van der Waals surface area contributed by atoms with Crippen molar-refractivity contribution in [3.05, 3.63) is 28.8 Å². The number of ether oxygens (including phenoxy) is 1. The SMILES string of the molecule is Cc1cc(Cl)ccc1OCCC(=O)N(C)CCC(N)=S. The van der Waals surface area contributed by atoms with Gasteiger partial charge in [-0.3, -0.25) is 4.79 Å². The van der Waals surface area contributed by atoms with Gasteiger partial charge in [-0.1, -0.05) is 23.8 Å². The maximum Gasteiger partial charge on any atom is 0.225 e. The molecule has 0 spiro atoms. The van der Waals surface area contributed by atoms with Crippen LogP contribution in [0.5, 0.6) is 5.75 Å². The molecule has 1 aromatic carbocycles. The van der Waals surface area contributed by atoms with Gasteiger partial charge in [-0.25, -0.2) is 0 Å². The first kappa shape index (κ1) is 16.7. The van der Waals surface area contributed by atoms with E-state index in [1.807, 2.05) is 13.0 Å². The Balaban J connectivity index is 2.36. The van der Waals surface area contributed by atoms with Gasteiger partial charge < -0.3 is 15.4 Å². The van der Waals surface area contributed by atoms with E-state index in [4.69, 9.17) is 34.3 Å². The van der Waals surface area contributed by atoms with E-state index in [0.717, 1.165) is 11.3 Å². The molecule has 1 aromatic rings. The van der Waals surface area contributed by atoms with Crippen molar-refractivity contribution < 1.29 is 9.53 Å². The lowest BCUT2D eigenvalue weighted by molar-refractivity contribution is -0.130. The van der Waals surface area contributed by atoms with E-state index >= 15 is 0 Å². The van der Waals surface area contributed by atoms with Gasteiger partial charge in [0.05, 0.1) is 18.0 Å². The van der Waals surface area contributed by atoms with E-state index in [-0.39, 0.29) is 5.91 Å². The van der Waals surface area contributed by atoms with Gasteiger partial charge in [0.1, 0.15) is 5.75 Å². The summed E-state index contributed by atoms with van der Waals surface area (Å²) in [5.41, 5.74) is 6.35. The number of carbonyl (C=O) groups is 1. The van der Waals surface area contributed by atoms with Gasteiger partial charge in [0.25, 0.3) is 0 Å². The van der Waals surface area contributed by atoms with E-state index in [0.29, 0.717) is 36.0 Å². The Labute approximate surface area is 129 Å². The van der Waals surface area contributed by atoms with Gasteiger partial charge in [-0.2, -0.15) is 0 Å². The van der Waals surface area contributed by atoms with Crippen LogP contribution in [0, 0.1) is 6.92 Å². The Morgan fingerprint density at radius 2 is 2.15 bits per heavy atom. The van der Waals surface area contributed by atoms with E-state index in [1.54, 1.807) is 24.1 Å². The minimum absolute atomic E-state index is 0.00728. The number of hydrogen-bond donors (Lipinski definition) is 1. The fourth-order valence-electron chi connectivity index (χ4n) is 1.62. The molecule has 4 nitrogen and oxygen atoms in total. The van der Waals surface area contributed by atoms with Crippen molar-refractivity contribution in [1.29, 1.82) is 0 Å². The van der Waals surface area contributed by atoms with Crippen molar-refractivity contribution >= 4 is 34.7 Å². The van der Waals surface area contributed by atoms with Gasteiger partial charge in [-0.05, 0) is 30.7 Å². The molecule has 1 amide bonds. The summed E-state index contributed by atoms with van der Waals surface area (Å²) in [7, 11) is 1.73. The average molecular weight is 315 g/mol. The molecule has 0 atom stereocenters. The number of thiocarbonyl (C=S) groups is 1. The first-order valence-corrected chi connectivity index (χ1v) is 7.10. The van der Waals surface area contributed by atoms with Crippen LogP contribution in [0.15, 0.2) is 18.2 Å². The monoisotopic (exact) mass is 314 g/mol.